The summed E-state index contributed by atoms with van der Waals surface area (Å²) in [6.45, 7) is 4.14. The van der Waals surface area contributed by atoms with E-state index in [1.807, 2.05) is 0 Å². The second-order valence-electron chi connectivity index (χ2n) is 14.4. The van der Waals surface area contributed by atoms with Crippen LogP contribution in [0.3, 0.4) is 0 Å². The zero-order chi connectivity index (χ0) is 33.9. The molecule has 0 aliphatic carbocycles. The van der Waals surface area contributed by atoms with Gasteiger partial charge in [-0.1, -0.05) is 200 Å². The Morgan fingerprint density at radius 2 is 0.783 bits per heavy atom. The number of amides is 1. The van der Waals surface area contributed by atoms with Gasteiger partial charge in [0.25, 0.3) is 0 Å². The maximum absolute atomic E-state index is 12.5. The summed E-state index contributed by atoms with van der Waals surface area (Å²) in [5, 5.41) is 43.4. The predicted octanol–water partition coefficient (Wildman–Crippen LogP) is 10.1. The molecule has 0 fully saturated rings. The Kier molecular flexibility index (Phi) is 35.1. The number of rotatable bonds is 37. The topological polar surface area (TPSA) is 110 Å². The molecular weight excluding hydrogens is 574 g/mol. The molecule has 5 N–H and O–H groups in total. The van der Waals surface area contributed by atoms with Crippen LogP contribution in [-0.2, 0) is 4.79 Å². The molecule has 4 unspecified atom stereocenters. The summed E-state index contributed by atoms with van der Waals surface area (Å²) in [6.07, 6.45) is 35.4. The Bertz CT molecular complexity index is 618. The molecule has 0 aromatic rings. The van der Waals surface area contributed by atoms with Gasteiger partial charge in [0, 0.05) is 6.42 Å². The van der Waals surface area contributed by atoms with Crippen LogP contribution >= 0.6 is 0 Å². The molecule has 0 aliphatic rings. The average Bonchev–Trinajstić information content (AvgIpc) is 3.05. The van der Waals surface area contributed by atoms with Gasteiger partial charge in [-0.25, -0.2) is 0 Å². The molecule has 0 bridgehead atoms. The van der Waals surface area contributed by atoms with E-state index in [4.69, 9.17) is 0 Å². The minimum absolute atomic E-state index is 0.0162. The number of hydrogen-bond acceptors (Lipinski definition) is 5. The van der Waals surface area contributed by atoms with Crippen molar-refractivity contribution in [3.8, 4) is 0 Å². The minimum atomic E-state index is -1.34. The van der Waals surface area contributed by atoms with E-state index in [2.05, 4.69) is 19.2 Å². The highest BCUT2D eigenvalue weighted by Gasteiger charge is 2.25. The largest absolute Gasteiger partial charge is 0.394 e. The van der Waals surface area contributed by atoms with Gasteiger partial charge in [0.15, 0.2) is 0 Å². The Morgan fingerprint density at radius 3 is 1.11 bits per heavy atom. The van der Waals surface area contributed by atoms with E-state index in [9.17, 15) is 25.2 Å². The molecule has 0 radical (unpaired) electrons. The molecule has 6 heteroatoms. The molecule has 0 rings (SSSR count). The van der Waals surface area contributed by atoms with Gasteiger partial charge < -0.3 is 25.7 Å². The zero-order valence-electron chi connectivity index (χ0n) is 30.8. The Balaban J connectivity index is 3.70. The molecule has 0 aliphatic heterocycles. The Morgan fingerprint density at radius 1 is 0.478 bits per heavy atom. The lowest BCUT2D eigenvalue weighted by Crippen LogP contribution is -2.49. The summed E-state index contributed by atoms with van der Waals surface area (Å²) in [5.74, 6) is -0.631. The van der Waals surface area contributed by atoms with Gasteiger partial charge >= 0.3 is 0 Å². The Hall–Kier alpha value is -0.690. The van der Waals surface area contributed by atoms with Gasteiger partial charge in [-0.15, -0.1) is 0 Å². The summed E-state index contributed by atoms with van der Waals surface area (Å²) in [5.41, 5.74) is 0. The number of carbonyl (C=O) groups excluding carboxylic acids is 1. The van der Waals surface area contributed by atoms with Gasteiger partial charge in [-0.2, -0.15) is 0 Å². The van der Waals surface area contributed by atoms with Crippen molar-refractivity contribution in [1.82, 2.24) is 5.32 Å². The maximum Gasteiger partial charge on any atom is 0.249 e. The third-order valence-electron chi connectivity index (χ3n) is 9.78. The number of carbonyl (C=O) groups is 1. The van der Waals surface area contributed by atoms with Crippen molar-refractivity contribution in [2.45, 2.75) is 244 Å². The number of hydrogen-bond donors (Lipinski definition) is 5. The van der Waals surface area contributed by atoms with Crippen LogP contribution in [0.5, 0.6) is 0 Å². The maximum atomic E-state index is 12.5. The Labute approximate surface area is 286 Å². The molecule has 0 aromatic carbocycles. The summed E-state index contributed by atoms with van der Waals surface area (Å²) in [6, 6.07) is -0.794. The first-order valence-corrected chi connectivity index (χ1v) is 20.4. The molecule has 276 valence electrons. The van der Waals surface area contributed by atoms with Crippen molar-refractivity contribution in [2.75, 3.05) is 6.61 Å². The third-order valence-corrected chi connectivity index (χ3v) is 9.78. The van der Waals surface area contributed by atoms with Crippen LogP contribution in [0.15, 0.2) is 0 Å². The van der Waals surface area contributed by atoms with Crippen molar-refractivity contribution < 1.29 is 25.2 Å². The molecule has 0 saturated carbocycles. The van der Waals surface area contributed by atoms with E-state index >= 15 is 0 Å². The van der Waals surface area contributed by atoms with E-state index in [-0.39, 0.29) is 13.0 Å². The molecular formula is C40H81NO5. The van der Waals surface area contributed by atoms with Crippen LogP contribution in [-0.4, -0.2) is 57.3 Å². The van der Waals surface area contributed by atoms with Crippen LogP contribution in [0.25, 0.3) is 0 Å². The smallest absolute Gasteiger partial charge is 0.249 e. The van der Waals surface area contributed by atoms with Crippen LogP contribution in [0.2, 0.25) is 0 Å². The predicted molar refractivity (Wildman–Crippen MR) is 196 cm³/mol. The van der Waals surface area contributed by atoms with Crippen LogP contribution in [0, 0.1) is 0 Å². The number of aliphatic hydroxyl groups is 4. The van der Waals surface area contributed by atoms with Crippen LogP contribution in [0.1, 0.15) is 219 Å². The third kappa shape index (κ3) is 30.6. The van der Waals surface area contributed by atoms with Gasteiger partial charge in [-0.3, -0.25) is 4.79 Å². The zero-order valence-corrected chi connectivity index (χ0v) is 30.8. The van der Waals surface area contributed by atoms with E-state index in [1.54, 1.807) is 0 Å². The SMILES string of the molecule is CCCCCCCCCCCCCCCCCCCCC(O)CC(O)C(=O)NC(CO)C(O)CCCCCCCCCCCCC. The average molecular weight is 656 g/mol. The molecule has 1 amide bonds. The second-order valence-corrected chi connectivity index (χ2v) is 14.4. The fraction of sp³-hybridized carbons (Fsp3) is 0.975. The normalized spacial score (nSPS) is 14.3. The molecule has 0 heterocycles. The first-order valence-electron chi connectivity index (χ1n) is 20.4. The summed E-state index contributed by atoms with van der Waals surface area (Å²) in [4.78, 5) is 12.5. The van der Waals surface area contributed by atoms with Crippen molar-refractivity contribution in [3.05, 3.63) is 0 Å². The van der Waals surface area contributed by atoms with Crippen molar-refractivity contribution in [1.29, 1.82) is 0 Å². The van der Waals surface area contributed by atoms with Gasteiger partial charge in [0.1, 0.15) is 6.10 Å². The van der Waals surface area contributed by atoms with E-state index in [1.165, 1.54) is 154 Å². The molecule has 0 spiro atoms. The summed E-state index contributed by atoms with van der Waals surface area (Å²) in [7, 11) is 0. The summed E-state index contributed by atoms with van der Waals surface area (Å²) >= 11 is 0. The monoisotopic (exact) mass is 656 g/mol. The lowest BCUT2D eigenvalue weighted by atomic mass is 10.0. The van der Waals surface area contributed by atoms with Crippen LogP contribution in [0.4, 0.5) is 0 Å². The second kappa shape index (κ2) is 35.6. The quantitative estimate of drug-likeness (QED) is 0.0428. The van der Waals surface area contributed by atoms with E-state index in [0.717, 1.165) is 32.1 Å². The highest BCUT2D eigenvalue weighted by Crippen LogP contribution is 2.17. The van der Waals surface area contributed by atoms with Crippen molar-refractivity contribution in [3.63, 3.8) is 0 Å². The first-order chi connectivity index (χ1) is 22.5. The number of unbranched alkanes of at least 4 members (excludes halogenated alkanes) is 27. The molecule has 4 atom stereocenters. The molecule has 0 saturated heterocycles. The van der Waals surface area contributed by atoms with Crippen molar-refractivity contribution >= 4 is 5.91 Å². The van der Waals surface area contributed by atoms with E-state index in [0.29, 0.717) is 12.8 Å². The minimum Gasteiger partial charge on any atom is -0.394 e. The lowest BCUT2D eigenvalue weighted by molar-refractivity contribution is -0.133. The van der Waals surface area contributed by atoms with E-state index < -0.39 is 30.3 Å². The van der Waals surface area contributed by atoms with Gasteiger partial charge in [0.05, 0.1) is 24.9 Å². The first kappa shape index (κ1) is 45.3. The number of aliphatic hydroxyl groups excluding tert-OH is 4. The fourth-order valence-electron chi connectivity index (χ4n) is 6.53. The van der Waals surface area contributed by atoms with Gasteiger partial charge in [0.2, 0.25) is 5.91 Å². The standard InChI is InChI=1S/C40H81NO5/c1-3-5-7-9-11-13-15-16-17-18-19-20-21-23-24-26-28-30-32-36(43)34-39(45)40(46)41-37(35-42)38(44)33-31-29-27-25-22-14-12-10-8-6-4-2/h36-39,42-45H,3-35H2,1-2H3,(H,41,46). The number of nitrogens with one attached hydrogen (secondary N) is 1. The van der Waals surface area contributed by atoms with Crippen LogP contribution < -0.4 is 5.32 Å². The van der Waals surface area contributed by atoms with Crippen molar-refractivity contribution in [2.24, 2.45) is 0 Å². The highest BCUT2D eigenvalue weighted by molar-refractivity contribution is 5.80. The highest BCUT2D eigenvalue weighted by atomic mass is 16.3. The lowest BCUT2D eigenvalue weighted by Gasteiger charge is -2.24. The summed E-state index contributed by atoms with van der Waals surface area (Å²) < 4.78 is 0. The molecule has 0 aromatic heterocycles. The molecule has 46 heavy (non-hydrogen) atoms. The molecule has 6 nitrogen and oxygen atoms in total. The fourth-order valence-corrected chi connectivity index (χ4v) is 6.53. The van der Waals surface area contributed by atoms with Gasteiger partial charge in [-0.05, 0) is 12.8 Å².